The standard InChI is InChI=1S/C20H18F4N6O/c1-12(15-8-14(22)2-3-17(15)31-7-5-21)27-18-4-6-29-19(28-18)16(10-26-29)13-9-25-30(11-13)20(23)24/h2-4,6,8-12,20H,5,7H2,1H3,(H,27,28). The van der Waals surface area contributed by atoms with Crippen molar-refractivity contribution in [2.75, 3.05) is 18.6 Å². The molecule has 162 valence electrons. The van der Waals surface area contributed by atoms with Gasteiger partial charge in [0.2, 0.25) is 0 Å². The summed E-state index contributed by atoms with van der Waals surface area (Å²) in [5, 5.41) is 11.0. The first-order chi connectivity index (χ1) is 15.0. The molecule has 0 saturated carbocycles. The van der Waals surface area contributed by atoms with Gasteiger partial charge in [-0.3, -0.25) is 0 Å². The van der Waals surface area contributed by atoms with Gasteiger partial charge >= 0.3 is 6.55 Å². The SMILES string of the molecule is CC(Nc1ccn2ncc(-c3cnn(C(F)F)c3)c2n1)c1cc(F)ccc1OCCF. The van der Waals surface area contributed by atoms with Gasteiger partial charge in [0.05, 0.1) is 18.4 Å². The number of nitrogens with zero attached hydrogens (tertiary/aromatic N) is 5. The second-order valence-corrected chi connectivity index (χ2v) is 6.71. The monoisotopic (exact) mass is 434 g/mol. The highest BCUT2D eigenvalue weighted by Gasteiger charge is 2.17. The Morgan fingerprint density at radius 1 is 1.16 bits per heavy atom. The number of halogens is 4. The average molecular weight is 434 g/mol. The lowest BCUT2D eigenvalue weighted by molar-refractivity contribution is 0.0566. The van der Waals surface area contributed by atoms with E-state index in [0.29, 0.717) is 38.6 Å². The van der Waals surface area contributed by atoms with Crippen LogP contribution in [0.4, 0.5) is 23.4 Å². The highest BCUT2D eigenvalue weighted by Crippen LogP contribution is 2.30. The topological polar surface area (TPSA) is 69.3 Å². The predicted molar refractivity (Wildman–Crippen MR) is 105 cm³/mol. The minimum Gasteiger partial charge on any atom is -0.490 e. The second kappa shape index (κ2) is 8.62. The summed E-state index contributed by atoms with van der Waals surface area (Å²) in [7, 11) is 0. The molecular formula is C20H18F4N6O. The summed E-state index contributed by atoms with van der Waals surface area (Å²) in [5.41, 5.74) is 1.90. The van der Waals surface area contributed by atoms with Crippen molar-refractivity contribution in [3.63, 3.8) is 0 Å². The van der Waals surface area contributed by atoms with Gasteiger partial charge in [0.25, 0.3) is 0 Å². The van der Waals surface area contributed by atoms with Crippen molar-refractivity contribution >= 4 is 11.5 Å². The fraction of sp³-hybridized carbons (Fsp3) is 0.250. The number of hydrogen-bond donors (Lipinski definition) is 1. The molecule has 1 N–H and O–H groups in total. The van der Waals surface area contributed by atoms with Crippen LogP contribution in [0.3, 0.4) is 0 Å². The van der Waals surface area contributed by atoms with Gasteiger partial charge in [0, 0.05) is 29.1 Å². The van der Waals surface area contributed by atoms with Crippen LogP contribution >= 0.6 is 0 Å². The number of fused-ring (bicyclic) bond motifs is 1. The molecule has 11 heteroatoms. The van der Waals surface area contributed by atoms with E-state index in [2.05, 4.69) is 20.5 Å². The summed E-state index contributed by atoms with van der Waals surface area (Å²) in [6.07, 6.45) is 5.70. The Balaban J connectivity index is 1.63. The van der Waals surface area contributed by atoms with Crippen LogP contribution in [0.1, 0.15) is 25.1 Å². The van der Waals surface area contributed by atoms with E-state index in [4.69, 9.17) is 4.74 Å². The zero-order chi connectivity index (χ0) is 22.0. The Hall–Kier alpha value is -3.63. The maximum absolute atomic E-state index is 13.8. The van der Waals surface area contributed by atoms with Gasteiger partial charge in [-0.25, -0.2) is 23.0 Å². The first-order valence-corrected chi connectivity index (χ1v) is 9.38. The molecule has 0 saturated heterocycles. The van der Waals surface area contributed by atoms with Crippen molar-refractivity contribution in [1.82, 2.24) is 24.4 Å². The molecule has 0 bridgehead atoms. The minimum absolute atomic E-state index is 0.138. The molecule has 0 amide bonds. The molecule has 0 aliphatic rings. The Kier molecular flexibility index (Phi) is 5.74. The fourth-order valence-corrected chi connectivity index (χ4v) is 3.17. The fourth-order valence-electron chi connectivity index (χ4n) is 3.17. The molecule has 1 aromatic carbocycles. The second-order valence-electron chi connectivity index (χ2n) is 6.71. The van der Waals surface area contributed by atoms with Crippen LogP contribution in [-0.4, -0.2) is 37.7 Å². The van der Waals surface area contributed by atoms with Crippen molar-refractivity contribution in [2.45, 2.75) is 19.5 Å². The van der Waals surface area contributed by atoms with Gasteiger partial charge < -0.3 is 10.1 Å². The molecule has 0 radical (unpaired) electrons. The van der Waals surface area contributed by atoms with Crippen molar-refractivity contribution in [3.05, 3.63) is 60.4 Å². The zero-order valence-corrected chi connectivity index (χ0v) is 16.3. The number of hydrogen-bond acceptors (Lipinski definition) is 5. The predicted octanol–water partition coefficient (Wildman–Crippen LogP) is 4.65. The summed E-state index contributed by atoms with van der Waals surface area (Å²) in [6.45, 7) is -1.77. The average Bonchev–Trinajstić information content (AvgIpc) is 3.39. The normalized spacial score (nSPS) is 12.5. The number of ether oxygens (including phenoxy) is 1. The van der Waals surface area contributed by atoms with Crippen molar-refractivity contribution < 1.29 is 22.3 Å². The maximum Gasteiger partial charge on any atom is 0.333 e. The van der Waals surface area contributed by atoms with E-state index in [1.54, 1.807) is 19.2 Å². The van der Waals surface area contributed by atoms with Crippen molar-refractivity contribution in [3.8, 4) is 16.9 Å². The maximum atomic E-state index is 13.8. The lowest BCUT2D eigenvalue weighted by atomic mass is 10.1. The molecule has 0 aliphatic carbocycles. The molecule has 0 spiro atoms. The van der Waals surface area contributed by atoms with Gasteiger partial charge in [-0.15, -0.1) is 0 Å². The van der Waals surface area contributed by atoms with Crippen LogP contribution in [-0.2, 0) is 0 Å². The smallest absolute Gasteiger partial charge is 0.333 e. The largest absolute Gasteiger partial charge is 0.490 e. The van der Waals surface area contributed by atoms with E-state index in [1.165, 1.54) is 41.3 Å². The lowest BCUT2D eigenvalue weighted by Crippen LogP contribution is -2.11. The zero-order valence-electron chi connectivity index (χ0n) is 16.3. The molecule has 3 heterocycles. The number of benzene rings is 1. The van der Waals surface area contributed by atoms with Gasteiger partial charge in [-0.05, 0) is 31.2 Å². The van der Waals surface area contributed by atoms with E-state index in [-0.39, 0.29) is 6.61 Å². The van der Waals surface area contributed by atoms with Crippen LogP contribution in [0.25, 0.3) is 16.8 Å². The Morgan fingerprint density at radius 2 is 2.00 bits per heavy atom. The van der Waals surface area contributed by atoms with Crippen LogP contribution < -0.4 is 10.1 Å². The van der Waals surface area contributed by atoms with E-state index in [9.17, 15) is 17.6 Å². The molecule has 0 aliphatic heterocycles. The van der Waals surface area contributed by atoms with E-state index >= 15 is 0 Å². The molecule has 31 heavy (non-hydrogen) atoms. The first kappa shape index (κ1) is 20.6. The molecule has 3 aromatic heterocycles. The molecular weight excluding hydrogens is 416 g/mol. The first-order valence-electron chi connectivity index (χ1n) is 9.38. The summed E-state index contributed by atoms with van der Waals surface area (Å²) in [6, 6.07) is 5.25. The summed E-state index contributed by atoms with van der Waals surface area (Å²) in [5.74, 6) is 0.363. The third-order valence-corrected chi connectivity index (χ3v) is 4.62. The number of alkyl halides is 3. The van der Waals surface area contributed by atoms with E-state index in [0.717, 1.165) is 0 Å². The van der Waals surface area contributed by atoms with Crippen LogP contribution in [0.5, 0.6) is 5.75 Å². The Bertz CT molecular complexity index is 1190. The lowest BCUT2D eigenvalue weighted by Gasteiger charge is -2.19. The van der Waals surface area contributed by atoms with E-state index < -0.39 is 25.1 Å². The number of aromatic nitrogens is 5. The van der Waals surface area contributed by atoms with Gasteiger partial charge in [-0.1, -0.05) is 0 Å². The molecule has 7 nitrogen and oxygen atoms in total. The summed E-state index contributed by atoms with van der Waals surface area (Å²) in [4.78, 5) is 4.52. The number of rotatable bonds is 8. The van der Waals surface area contributed by atoms with Crippen LogP contribution in [0.2, 0.25) is 0 Å². The third kappa shape index (κ3) is 4.30. The van der Waals surface area contributed by atoms with Gasteiger partial charge in [-0.2, -0.15) is 19.0 Å². The Morgan fingerprint density at radius 3 is 2.74 bits per heavy atom. The van der Waals surface area contributed by atoms with Crippen molar-refractivity contribution in [1.29, 1.82) is 0 Å². The number of anilines is 1. The highest BCUT2D eigenvalue weighted by molar-refractivity contribution is 5.76. The molecule has 1 unspecified atom stereocenters. The highest BCUT2D eigenvalue weighted by atomic mass is 19.3. The molecule has 1 atom stereocenters. The Labute approximate surface area is 174 Å². The quantitative estimate of drug-likeness (QED) is 0.409. The van der Waals surface area contributed by atoms with E-state index in [1.807, 2.05) is 0 Å². The van der Waals surface area contributed by atoms with Crippen LogP contribution in [0, 0.1) is 5.82 Å². The summed E-state index contributed by atoms with van der Waals surface area (Å²) >= 11 is 0. The molecule has 0 fully saturated rings. The summed E-state index contributed by atoms with van der Waals surface area (Å²) < 4.78 is 59.4. The minimum atomic E-state index is -2.75. The third-order valence-electron chi connectivity index (χ3n) is 4.62. The molecule has 4 rings (SSSR count). The van der Waals surface area contributed by atoms with Crippen LogP contribution in [0.15, 0.2) is 49.1 Å². The number of nitrogens with one attached hydrogen (secondary N) is 1. The van der Waals surface area contributed by atoms with Crippen molar-refractivity contribution in [2.24, 2.45) is 0 Å². The van der Waals surface area contributed by atoms with Gasteiger partial charge in [0.1, 0.15) is 30.7 Å². The van der Waals surface area contributed by atoms with Gasteiger partial charge in [0.15, 0.2) is 5.65 Å². The molecule has 4 aromatic rings.